The molecule has 2 rings (SSSR count). The summed E-state index contributed by atoms with van der Waals surface area (Å²) in [7, 11) is -3.62. The second-order valence-corrected chi connectivity index (χ2v) is 9.82. The first-order valence-corrected chi connectivity index (χ1v) is 11.5. The fourth-order valence-corrected chi connectivity index (χ4v) is 5.31. The minimum atomic E-state index is -3.62. The lowest BCUT2D eigenvalue weighted by Gasteiger charge is -2.22. The van der Waals surface area contributed by atoms with Gasteiger partial charge in [-0.1, -0.05) is 44.9 Å². The summed E-state index contributed by atoms with van der Waals surface area (Å²) < 4.78 is 25.4. The van der Waals surface area contributed by atoms with E-state index < -0.39 is 33.4 Å². The van der Waals surface area contributed by atoms with Gasteiger partial charge in [-0.05, 0) is 30.9 Å². The van der Waals surface area contributed by atoms with Crippen LogP contribution in [-0.4, -0.2) is 38.2 Å². The van der Waals surface area contributed by atoms with Crippen LogP contribution in [0.3, 0.4) is 0 Å². The molecule has 0 bridgehead atoms. The molecule has 2 atom stereocenters. The molecule has 0 aliphatic carbocycles. The van der Waals surface area contributed by atoms with Crippen molar-refractivity contribution in [1.82, 2.24) is 5.32 Å². The van der Waals surface area contributed by atoms with Gasteiger partial charge in [0, 0.05) is 24.8 Å². The van der Waals surface area contributed by atoms with Gasteiger partial charge in [-0.3, -0.25) is 14.4 Å². The van der Waals surface area contributed by atoms with Crippen LogP contribution < -0.4 is 5.32 Å². The Kier molecular flexibility index (Phi) is 7.92. The van der Waals surface area contributed by atoms with Crippen LogP contribution in [0.15, 0.2) is 35.2 Å². The molecule has 0 spiro atoms. The first-order valence-electron chi connectivity index (χ1n) is 9.85. The number of carbonyl (C=O) groups excluding carboxylic acids is 3. The van der Waals surface area contributed by atoms with Gasteiger partial charge in [0.15, 0.2) is 9.84 Å². The average Bonchev–Trinajstić information content (AvgIpc) is 2.73. The Morgan fingerprint density at radius 2 is 1.79 bits per heavy atom. The SMILES string of the molecule is CC(C)C(CS(=O)(=O)c1ccccc1)C(=O)CC1CCCCCNC(=O)C1=O. The largest absolute Gasteiger partial charge is 0.349 e. The van der Waals surface area contributed by atoms with Crippen molar-refractivity contribution < 1.29 is 22.8 Å². The number of sulfone groups is 1. The summed E-state index contributed by atoms with van der Waals surface area (Å²) in [4.78, 5) is 37.5. The van der Waals surface area contributed by atoms with Gasteiger partial charge in [-0.2, -0.15) is 0 Å². The lowest BCUT2D eigenvalue weighted by Crippen LogP contribution is -2.37. The van der Waals surface area contributed by atoms with Crippen molar-refractivity contribution in [2.45, 2.75) is 50.8 Å². The molecule has 2 unspecified atom stereocenters. The molecule has 1 heterocycles. The molecular formula is C21H29NO5S. The van der Waals surface area contributed by atoms with Crippen molar-refractivity contribution in [3.63, 3.8) is 0 Å². The van der Waals surface area contributed by atoms with Crippen LogP contribution in [0.2, 0.25) is 0 Å². The standard InChI is InChI=1S/C21H29NO5S/c1-15(2)18(14-28(26,27)17-10-6-3-7-11-17)19(23)13-16-9-5-4-8-12-22-21(25)20(16)24/h3,6-7,10-11,15-16,18H,4-5,8-9,12-14H2,1-2H3,(H,22,25). The molecule has 1 aromatic carbocycles. The van der Waals surface area contributed by atoms with Crippen molar-refractivity contribution >= 4 is 27.3 Å². The molecule has 0 saturated carbocycles. The van der Waals surface area contributed by atoms with Crippen molar-refractivity contribution in [2.24, 2.45) is 17.8 Å². The third-order valence-electron chi connectivity index (χ3n) is 5.28. The first kappa shape index (κ1) is 22.3. The van der Waals surface area contributed by atoms with E-state index in [-0.39, 0.29) is 28.8 Å². The van der Waals surface area contributed by atoms with Gasteiger partial charge in [-0.15, -0.1) is 0 Å². The van der Waals surface area contributed by atoms with E-state index >= 15 is 0 Å². The highest BCUT2D eigenvalue weighted by Gasteiger charge is 2.34. The highest BCUT2D eigenvalue weighted by Crippen LogP contribution is 2.25. The quantitative estimate of drug-likeness (QED) is 0.701. The normalized spacial score (nSPS) is 20.0. The summed E-state index contributed by atoms with van der Waals surface area (Å²) in [5.41, 5.74) is 0. The van der Waals surface area contributed by atoms with Crippen LogP contribution in [0.1, 0.15) is 46.0 Å². The summed E-state index contributed by atoms with van der Waals surface area (Å²) in [5.74, 6) is -3.34. The number of hydrogen-bond acceptors (Lipinski definition) is 5. The van der Waals surface area contributed by atoms with Gasteiger partial charge in [0.05, 0.1) is 10.6 Å². The fourth-order valence-electron chi connectivity index (χ4n) is 3.50. The molecule has 1 aromatic rings. The zero-order valence-electron chi connectivity index (χ0n) is 16.5. The van der Waals surface area contributed by atoms with Crippen LogP contribution in [0.5, 0.6) is 0 Å². The predicted molar refractivity (Wildman–Crippen MR) is 106 cm³/mol. The summed E-state index contributed by atoms with van der Waals surface area (Å²) in [6.45, 7) is 4.08. The highest BCUT2D eigenvalue weighted by atomic mass is 32.2. The number of amides is 1. The van der Waals surface area contributed by atoms with Crippen molar-refractivity contribution in [3.05, 3.63) is 30.3 Å². The van der Waals surface area contributed by atoms with Crippen molar-refractivity contribution in [1.29, 1.82) is 0 Å². The van der Waals surface area contributed by atoms with E-state index in [1.807, 2.05) is 0 Å². The van der Waals surface area contributed by atoms with Crippen LogP contribution in [0.25, 0.3) is 0 Å². The van der Waals surface area contributed by atoms with Crippen molar-refractivity contribution in [3.8, 4) is 0 Å². The number of nitrogens with one attached hydrogen (secondary N) is 1. The predicted octanol–water partition coefficient (Wildman–Crippen LogP) is 2.57. The Morgan fingerprint density at radius 3 is 2.43 bits per heavy atom. The molecule has 1 saturated heterocycles. The van der Waals surface area contributed by atoms with E-state index in [1.165, 1.54) is 12.1 Å². The second kappa shape index (κ2) is 9.96. The van der Waals surface area contributed by atoms with E-state index in [2.05, 4.69) is 5.32 Å². The topological polar surface area (TPSA) is 97.4 Å². The maximum absolute atomic E-state index is 12.9. The number of carbonyl (C=O) groups is 3. The average molecular weight is 408 g/mol. The Morgan fingerprint density at radius 1 is 1.11 bits per heavy atom. The molecule has 1 amide bonds. The van der Waals surface area contributed by atoms with E-state index in [0.717, 1.165) is 19.3 Å². The lowest BCUT2D eigenvalue weighted by atomic mass is 9.84. The maximum atomic E-state index is 12.9. The minimum absolute atomic E-state index is 0.0839. The minimum Gasteiger partial charge on any atom is -0.349 e. The Hall–Kier alpha value is -2.02. The van der Waals surface area contributed by atoms with Gasteiger partial charge < -0.3 is 5.32 Å². The fraction of sp³-hybridized carbons (Fsp3) is 0.571. The summed E-state index contributed by atoms with van der Waals surface area (Å²) in [6.07, 6.45) is 2.86. The van der Waals surface area contributed by atoms with E-state index in [0.29, 0.717) is 13.0 Å². The third kappa shape index (κ3) is 5.99. The van der Waals surface area contributed by atoms with Crippen LogP contribution in [0, 0.1) is 17.8 Å². The number of Topliss-reactive ketones (excluding diaryl/α,β-unsaturated/α-hetero) is 2. The Labute approximate surface area is 167 Å². The summed E-state index contributed by atoms with van der Waals surface area (Å²) >= 11 is 0. The molecule has 0 aromatic heterocycles. The first-order chi connectivity index (χ1) is 13.2. The van der Waals surface area contributed by atoms with Crippen LogP contribution in [0.4, 0.5) is 0 Å². The monoisotopic (exact) mass is 407 g/mol. The highest BCUT2D eigenvalue weighted by molar-refractivity contribution is 7.91. The van der Waals surface area contributed by atoms with E-state index in [4.69, 9.17) is 0 Å². The summed E-state index contributed by atoms with van der Waals surface area (Å²) in [5, 5.41) is 2.59. The van der Waals surface area contributed by atoms with Crippen molar-refractivity contribution in [2.75, 3.05) is 12.3 Å². The van der Waals surface area contributed by atoms with Gasteiger partial charge in [0.2, 0.25) is 5.78 Å². The van der Waals surface area contributed by atoms with E-state index in [9.17, 15) is 22.8 Å². The molecular weight excluding hydrogens is 378 g/mol. The molecule has 1 aliphatic heterocycles. The maximum Gasteiger partial charge on any atom is 0.287 e. The van der Waals surface area contributed by atoms with E-state index in [1.54, 1.807) is 32.0 Å². The van der Waals surface area contributed by atoms with Crippen LogP contribution >= 0.6 is 0 Å². The number of hydrogen-bond donors (Lipinski definition) is 1. The number of rotatable bonds is 7. The third-order valence-corrected chi connectivity index (χ3v) is 7.07. The van der Waals surface area contributed by atoms with Gasteiger partial charge in [0.25, 0.3) is 5.91 Å². The lowest BCUT2D eigenvalue weighted by molar-refractivity contribution is -0.141. The smallest absolute Gasteiger partial charge is 0.287 e. The molecule has 7 heteroatoms. The van der Waals surface area contributed by atoms with Gasteiger partial charge >= 0.3 is 0 Å². The molecule has 1 aliphatic rings. The van der Waals surface area contributed by atoms with Crippen LogP contribution in [-0.2, 0) is 24.2 Å². The molecule has 1 fully saturated rings. The molecule has 6 nitrogen and oxygen atoms in total. The molecule has 154 valence electrons. The summed E-state index contributed by atoms with van der Waals surface area (Å²) in [6, 6.07) is 8.06. The zero-order valence-corrected chi connectivity index (χ0v) is 17.3. The molecule has 28 heavy (non-hydrogen) atoms. The zero-order chi connectivity index (χ0) is 20.7. The van der Waals surface area contributed by atoms with Gasteiger partial charge in [-0.25, -0.2) is 8.42 Å². The molecule has 1 N–H and O–H groups in total. The number of benzene rings is 1. The second-order valence-electron chi connectivity index (χ2n) is 7.78. The number of ketones is 2. The molecule has 0 radical (unpaired) electrons. The Balaban J connectivity index is 2.15. The van der Waals surface area contributed by atoms with Gasteiger partial charge in [0.1, 0.15) is 5.78 Å². The Bertz CT molecular complexity index is 801.